The normalized spacial score (nSPS) is 20.9. The van der Waals surface area contributed by atoms with Crippen LogP contribution in [0.1, 0.15) is 42.9 Å². The van der Waals surface area contributed by atoms with Gasteiger partial charge in [-0.1, -0.05) is 29.8 Å². The molecular formula is C21H26FNO3S. The van der Waals surface area contributed by atoms with Crippen molar-refractivity contribution in [3.8, 4) is 0 Å². The minimum absolute atomic E-state index is 0.0819. The van der Waals surface area contributed by atoms with E-state index in [1.807, 2.05) is 19.1 Å². The smallest absolute Gasteiger partial charge is 0.243 e. The molecule has 0 N–H and O–H groups in total. The summed E-state index contributed by atoms with van der Waals surface area (Å²) in [5.74, 6) is -0.318. The zero-order valence-corrected chi connectivity index (χ0v) is 16.6. The first kappa shape index (κ1) is 20.0. The van der Waals surface area contributed by atoms with Gasteiger partial charge in [-0.05, 0) is 62.4 Å². The number of aryl methyl sites for hydroxylation is 1. The lowest BCUT2D eigenvalue weighted by Gasteiger charge is -2.30. The Labute approximate surface area is 161 Å². The van der Waals surface area contributed by atoms with Crippen LogP contribution in [0.5, 0.6) is 0 Å². The third-order valence-corrected chi connectivity index (χ3v) is 7.15. The minimum atomic E-state index is -3.65. The van der Waals surface area contributed by atoms with Gasteiger partial charge in [-0.25, -0.2) is 12.8 Å². The van der Waals surface area contributed by atoms with E-state index < -0.39 is 10.0 Å². The Balaban J connectivity index is 1.96. The molecular weight excluding hydrogens is 365 g/mol. The van der Waals surface area contributed by atoms with Crippen molar-refractivity contribution < 1.29 is 17.5 Å². The fraction of sp³-hybridized carbons (Fsp3) is 0.429. The highest BCUT2D eigenvalue weighted by Gasteiger charge is 2.42. The fourth-order valence-electron chi connectivity index (χ4n) is 3.79. The van der Waals surface area contributed by atoms with E-state index in [9.17, 15) is 12.8 Å². The summed E-state index contributed by atoms with van der Waals surface area (Å²) < 4.78 is 47.0. The molecule has 0 saturated carbocycles. The van der Waals surface area contributed by atoms with Crippen LogP contribution in [-0.4, -0.2) is 32.5 Å². The van der Waals surface area contributed by atoms with Crippen LogP contribution in [0.3, 0.4) is 0 Å². The standard InChI is InChI=1S/C21H26FNO3S/c1-16-5-12-20(13-6-16)27(24,25)23-19(4-3-15-26-2)11-14-21(23)17-7-9-18(22)10-8-17/h5-10,12-13,19,21H,3-4,11,14-15H2,1-2H3. The van der Waals surface area contributed by atoms with Crippen molar-refractivity contribution in [1.29, 1.82) is 0 Å². The number of rotatable bonds is 7. The van der Waals surface area contributed by atoms with Gasteiger partial charge in [0.15, 0.2) is 0 Å². The Kier molecular flexibility index (Phi) is 6.29. The van der Waals surface area contributed by atoms with Crippen LogP contribution in [0.2, 0.25) is 0 Å². The predicted molar refractivity (Wildman–Crippen MR) is 103 cm³/mol. The van der Waals surface area contributed by atoms with Crippen molar-refractivity contribution in [3.63, 3.8) is 0 Å². The van der Waals surface area contributed by atoms with Gasteiger partial charge in [0.1, 0.15) is 5.82 Å². The van der Waals surface area contributed by atoms with Crippen LogP contribution in [-0.2, 0) is 14.8 Å². The molecule has 1 aliphatic rings. The van der Waals surface area contributed by atoms with Gasteiger partial charge >= 0.3 is 0 Å². The Morgan fingerprint density at radius 1 is 1.07 bits per heavy atom. The summed E-state index contributed by atoms with van der Waals surface area (Å²) in [5, 5.41) is 0. The fourth-order valence-corrected chi connectivity index (χ4v) is 5.68. The Morgan fingerprint density at radius 2 is 1.74 bits per heavy atom. The third-order valence-electron chi connectivity index (χ3n) is 5.18. The van der Waals surface area contributed by atoms with Gasteiger partial charge in [-0.15, -0.1) is 0 Å². The van der Waals surface area contributed by atoms with E-state index in [0.29, 0.717) is 11.5 Å². The Bertz CT molecular complexity index is 850. The van der Waals surface area contributed by atoms with Crippen molar-refractivity contribution in [2.75, 3.05) is 13.7 Å². The first-order chi connectivity index (χ1) is 12.9. The molecule has 0 radical (unpaired) electrons. The highest BCUT2D eigenvalue weighted by atomic mass is 32.2. The van der Waals surface area contributed by atoms with Crippen LogP contribution in [0.4, 0.5) is 4.39 Å². The summed E-state index contributed by atoms with van der Waals surface area (Å²) >= 11 is 0. The molecule has 0 aliphatic carbocycles. The van der Waals surface area contributed by atoms with Crippen LogP contribution in [0, 0.1) is 12.7 Å². The maximum atomic E-state index is 13.5. The number of benzene rings is 2. The predicted octanol–water partition coefficient (Wildman–Crippen LogP) is 4.46. The van der Waals surface area contributed by atoms with Gasteiger partial charge in [0.05, 0.1) is 10.9 Å². The molecule has 2 aromatic rings. The second-order valence-corrected chi connectivity index (χ2v) is 8.92. The molecule has 1 heterocycles. The Morgan fingerprint density at radius 3 is 2.37 bits per heavy atom. The summed E-state index contributed by atoms with van der Waals surface area (Å²) in [5.41, 5.74) is 1.85. The minimum Gasteiger partial charge on any atom is -0.385 e. The summed E-state index contributed by atoms with van der Waals surface area (Å²) in [7, 11) is -2.00. The molecule has 146 valence electrons. The van der Waals surface area contributed by atoms with E-state index in [0.717, 1.165) is 36.8 Å². The quantitative estimate of drug-likeness (QED) is 0.655. The summed E-state index contributed by atoms with van der Waals surface area (Å²) in [6, 6.07) is 12.8. The van der Waals surface area contributed by atoms with Gasteiger partial charge in [-0.3, -0.25) is 0 Å². The van der Waals surface area contributed by atoms with Crippen molar-refractivity contribution in [2.45, 2.75) is 49.6 Å². The van der Waals surface area contributed by atoms with E-state index in [1.165, 1.54) is 12.1 Å². The molecule has 3 rings (SSSR count). The maximum Gasteiger partial charge on any atom is 0.243 e. The number of methoxy groups -OCH3 is 1. The zero-order valence-electron chi connectivity index (χ0n) is 15.8. The van der Waals surface area contributed by atoms with Gasteiger partial charge in [-0.2, -0.15) is 4.31 Å². The molecule has 0 bridgehead atoms. The highest BCUT2D eigenvalue weighted by molar-refractivity contribution is 7.89. The number of ether oxygens (including phenoxy) is 1. The van der Waals surface area contributed by atoms with Crippen LogP contribution in [0.15, 0.2) is 53.4 Å². The molecule has 1 saturated heterocycles. The molecule has 2 atom stereocenters. The first-order valence-corrected chi connectivity index (χ1v) is 10.7. The monoisotopic (exact) mass is 391 g/mol. The number of hydrogen-bond donors (Lipinski definition) is 0. The van der Waals surface area contributed by atoms with Crippen LogP contribution < -0.4 is 0 Å². The molecule has 6 heteroatoms. The number of nitrogens with zero attached hydrogens (tertiary/aromatic N) is 1. The Hall–Kier alpha value is -1.76. The molecule has 0 aromatic heterocycles. The lowest BCUT2D eigenvalue weighted by Crippen LogP contribution is -2.37. The molecule has 4 nitrogen and oxygen atoms in total. The van der Waals surface area contributed by atoms with Gasteiger partial charge in [0, 0.05) is 19.8 Å². The van der Waals surface area contributed by atoms with Gasteiger partial charge in [0.25, 0.3) is 0 Å². The lowest BCUT2D eigenvalue weighted by molar-refractivity contribution is 0.183. The summed E-state index contributed by atoms with van der Waals surface area (Å²) in [4.78, 5) is 0.304. The van der Waals surface area contributed by atoms with Crippen molar-refractivity contribution in [1.82, 2.24) is 4.31 Å². The molecule has 2 aromatic carbocycles. The average Bonchev–Trinajstić information content (AvgIpc) is 3.08. The SMILES string of the molecule is COCCCC1CCC(c2ccc(F)cc2)N1S(=O)(=O)c1ccc(C)cc1. The van der Waals surface area contributed by atoms with E-state index in [2.05, 4.69) is 0 Å². The second kappa shape index (κ2) is 8.50. The topological polar surface area (TPSA) is 46.6 Å². The lowest BCUT2D eigenvalue weighted by atomic mass is 10.1. The van der Waals surface area contributed by atoms with Crippen molar-refractivity contribution in [3.05, 3.63) is 65.5 Å². The molecule has 0 spiro atoms. The first-order valence-electron chi connectivity index (χ1n) is 9.28. The van der Waals surface area contributed by atoms with Gasteiger partial charge < -0.3 is 4.74 Å². The summed E-state index contributed by atoms with van der Waals surface area (Å²) in [6.07, 6.45) is 3.07. The maximum absolute atomic E-state index is 13.5. The number of sulfonamides is 1. The molecule has 2 unspecified atom stereocenters. The largest absolute Gasteiger partial charge is 0.385 e. The number of hydrogen-bond acceptors (Lipinski definition) is 3. The van der Waals surface area contributed by atoms with E-state index >= 15 is 0 Å². The average molecular weight is 392 g/mol. The van der Waals surface area contributed by atoms with E-state index in [4.69, 9.17) is 4.74 Å². The molecule has 27 heavy (non-hydrogen) atoms. The molecule has 1 fully saturated rings. The molecule has 1 aliphatic heterocycles. The van der Waals surface area contributed by atoms with Crippen molar-refractivity contribution in [2.24, 2.45) is 0 Å². The zero-order chi connectivity index (χ0) is 19.4. The number of halogens is 1. The van der Waals surface area contributed by atoms with E-state index in [1.54, 1.807) is 35.7 Å². The molecule has 0 amide bonds. The van der Waals surface area contributed by atoms with Gasteiger partial charge in [0.2, 0.25) is 10.0 Å². The summed E-state index contributed by atoms with van der Waals surface area (Å²) in [6.45, 7) is 2.54. The van der Waals surface area contributed by atoms with E-state index in [-0.39, 0.29) is 17.9 Å². The van der Waals surface area contributed by atoms with Crippen LogP contribution in [0.25, 0.3) is 0 Å². The second-order valence-electron chi connectivity index (χ2n) is 7.08. The highest BCUT2D eigenvalue weighted by Crippen LogP contribution is 2.42. The van der Waals surface area contributed by atoms with Crippen LogP contribution >= 0.6 is 0 Å². The third kappa shape index (κ3) is 4.39. The van der Waals surface area contributed by atoms with Crippen molar-refractivity contribution >= 4 is 10.0 Å².